The molecule has 0 amide bonds. The molecule has 2 aliphatic heterocycles. The number of nitroso groups, excluding NO2 is 1. The molecule has 4 rings (SSSR count). The molecule has 2 aliphatic rings. The van der Waals surface area contributed by atoms with Crippen LogP contribution in [0.15, 0.2) is 69.8 Å². The van der Waals surface area contributed by atoms with Gasteiger partial charge in [-0.3, -0.25) is 4.99 Å². The van der Waals surface area contributed by atoms with E-state index in [0.29, 0.717) is 12.4 Å². The molecule has 0 aromatic heterocycles. The van der Waals surface area contributed by atoms with E-state index >= 15 is 0 Å². The van der Waals surface area contributed by atoms with Gasteiger partial charge in [0.15, 0.2) is 5.84 Å². The van der Waals surface area contributed by atoms with Gasteiger partial charge in [-0.25, -0.2) is 4.99 Å². The molecule has 2 aromatic carbocycles. The lowest BCUT2D eigenvalue weighted by molar-refractivity contribution is 0.900. The van der Waals surface area contributed by atoms with Crippen molar-refractivity contribution in [3.05, 3.63) is 70.6 Å². The van der Waals surface area contributed by atoms with E-state index in [1.54, 1.807) is 0 Å². The van der Waals surface area contributed by atoms with Crippen molar-refractivity contribution in [1.82, 2.24) is 0 Å². The molecule has 108 valence electrons. The first-order valence-electron chi connectivity index (χ1n) is 7.25. The fourth-order valence-electron chi connectivity index (χ4n) is 2.98. The van der Waals surface area contributed by atoms with Crippen LogP contribution >= 0.6 is 0 Å². The van der Waals surface area contributed by atoms with Crippen LogP contribution in [0.2, 0.25) is 0 Å². The highest BCUT2D eigenvalue weighted by molar-refractivity contribution is 6.21. The molecule has 0 radical (unpaired) electrons. The number of hydrogen-bond acceptors (Lipinski definition) is 5. The fraction of sp³-hybridized carbons (Fsp3) is 0.176. The second-order valence-corrected chi connectivity index (χ2v) is 5.23. The maximum Gasteiger partial charge on any atom is 0.238 e. The number of anilines is 1. The molecular weight excluding hydrogens is 276 g/mol. The molecule has 2 aromatic rings. The maximum atomic E-state index is 11.3. The van der Waals surface area contributed by atoms with Gasteiger partial charge in [0.25, 0.3) is 0 Å². The normalized spacial score (nSPS) is 19.6. The zero-order valence-corrected chi connectivity index (χ0v) is 11.9. The predicted molar refractivity (Wildman–Crippen MR) is 87.8 cm³/mol. The highest BCUT2D eigenvalue weighted by Gasteiger charge is 2.33. The van der Waals surface area contributed by atoms with Crippen LogP contribution in [0.4, 0.5) is 5.69 Å². The molecule has 0 bridgehead atoms. The van der Waals surface area contributed by atoms with E-state index in [9.17, 15) is 4.91 Å². The van der Waals surface area contributed by atoms with Crippen molar-refractivity contribution in [3.8, 4) is 0 Å². The Morgan fingerprint density at radius 3 is 2.64 bits per heavy atom. The Balaban J connectivity index is 1.97. The molecule has 0 saturated carbocycles. The molecule has 5 nitrogen and oxygen atoms in total. The van der Waals surface area contributed by atoms with Crippen LogP contribution in [-0.2, 0) is 0 Å². The Hall–Kier alpha value is -2.82. The van der Waals surface area contributed by atoms with Gasteiger partial charge in [0.05, 0.1) is 17.9 Å². The largest absolute Gasteiger partial charge is 0.324 e. The lowest BCUT2D eigenvalue weighted by atomic mass is 10.0. The third-order valence-electron chi connectivity index (χ3n) is 3.95. The summed E-state index contributed by atoms with van der Waals surface area (Å²) in [5.41, 5.74) is 3.81. The number of para-hydroxylation sites is 1. The summed E-state index contributed by atoms with van der Waals surface area (Å²) in [5, 5.41) is 3.20. The average molecular weight is 290 g/mol. The number of benzene rings is 2. The van der Waals surface area contributed by atoms with Crippen LogP contribution in [0, 0.1) is 4.91 Å². The average Bonchev–Trinajstić information content (AvgIpc) is 3.02. The highest BCUT2D eigenvalue weighted by Crippen LogP contribution is 2.30. The molecular formula is C17H14N4O. The predicted octanol–water partition coefficient (Wildman–Crippen LogP) is 2.85. The summed E-state index contributed by atoms with van der Waals surface area (Å²) in [6, 6.07) is 17.9. The van der Waals surface area contributed by atoms with Crippen LogP contribution in [0.25, 0.3) is 0 Å². The van der Waals surface area contributed by atoms with E-state index in [2.05, 4.69) is 20.1 Å². The maximum absolute atomic E-state index is 11.3. The summed E-state index contributed by atoms with van der Waals surface area (Å²) in [4.78, 5) is 22.4. The van der Waals surface area contributed by atoms with Crippen molar-refractivity contribution in [2.75, 3.05) is 18.0 Å². The van der Waals surface area contributed by atoms with Crippen LogP contribution in [0.5, 0.6) is 0 Å². The van der Waals surface area contributed by atoms with Crippen molar-refractivity contribution in [1.29, 1.82) is 0 Å². The van der Waals surface area contributed by atoms with E-state index in [1.807, 2.05) is 54.6 Å². The minimum absolute atomic E-state index is 0.647. The van der Waals surface area contributed by atoms with Crippen molar-refractivity contribution < 1.29 is 0 Å². The molecule has 0 aliphatic carbocycles. The van der Waals surface area contributed by atoms with Gasteiger partial charge < -0.3 is 4.90 Å². The van der Waals surface area contributed by atoms with Crippen molar-refractivity contribution in [2.45, 2.75) is 6.17 Å². The smallest absolute Gasteiger partial charge is 0.238 e. The zero-order chi connectivity index (χ0) is 14.9. The van der Waals surface area contributed by atoms with E-state index in [0.717, 1.165) is 29.1 Å². The van der Waals surface area contributed by atoms with E-state index < -0.39 is 6.17 Å². The molecule has 0 spiro atoms. The Morgan fingerprint density at radius 1 is 1.05 bits per heavy atom. The van der Waals surface area contributed by atoms with E-state index in [1.165, 1.54) is 0 Å². The second kappa shape index (κ2) is 5.18. The van der Waals surface area contributed by atoms with Crippen molar-refractivity contribution in [3.63, 3.8) is 0 Å². The molecule has 0 N–H and O–H groups in total. The number of nitrogens with zero attached hydrogens (tertiary/aromatic N) is 4. The first-order chi connectivity index (χ1) is 10.9. The summed E-state index contributed by atoms with van der Waals surface area (Å²) in [6.45, 7) is 1.43. The summed E-state index contributed by atoms with van der Waals surface area (Å²) in [5.74, 6) is 0.647. The van der Waals surface area contributed by atoms with Crippen LogP contribution in [0.1, 0.15) is 11.1 Å². The van der Waals surface area contributed by atoms with Gasteiger partial charge >= 0.3 is 0 Å². The van der Waals surface area contributed by atoms with Gasteiger partial charge in [-0.15, -0.1) is 4.91 Å². The van der Waals surface area contributed by atoms with Gasteiger partial charge in [-0.1, -0.05) is 48.5 Å². The highest BCUT2D eigenvalue weighted by atomic mass is 16.3. The quantitative estimate of drug-likeness (QED) is 0.799. The lowest BCUT2D eigenvalue weighted by Crippen LogP contribution is -2.33. The summed E-state index contributed by atoms with van der Waals surface area (Å²) >= 11 is 0. The minimum atomic E-state index is -0.787. The Labute approximate surface area is 128 Å². The fourth-order valence-corrected chi connectivity index (χ4v) is 2.98. The van der Waals surface area contributed by atoms with Crippen molar-refractivity contribution >= 4 is 17.2 Å². The van der Waals surface area contributed by atoms with Crippen molar-refractivity contribution in [2.24, 2.45) is 15.2 Å². The lowest BCUT2D eigenvalue weighted by Gasteiger charge is -2.21. The molecule has 0 saturated heterocycles. The number of rotatable bonds is 2. The van der Waals surface area contributed by atoms with E-state index in [-0.39, 0.29) is 0 Å². The van der Waals surface area contributed by atoms with Gasteiger partial charge in [0.1, 0.15) is 0 Å². The minimum Gasteiger partial charge on any atom is -0.324 e. The monoisotopic (exact) mass is 290 g/mol. The topological polar surface area (TPSA) is 57.4 Å². The molecule has 1 atom stereocenters. The van der Waals surface area contributed by atoms with Crippen LogP contribution in [0.3, 0.4) is 0 Å². The van der Waals surface area contributed by atoms with Gasteiger partial charge in [-0.05, 0) is 11.2 Å². The molecule has 1 unspecified atom stereocenters. The first kappa shape index (κ1) is 12.9. The summed E-state index contributed by atoms with van der Waals surface area (Å²) < 4.78 is 0. The summed E-state index contributed by atoms with van der Waals surface area (Å²) in [6.07, 6.45) is -0.787. The number of amidine groups is 1. The molecule has 2 heterocycles. The van der Waals surface area contributed by atoms with Gasteiger partial charge in [-0.2, -0.15) is 0 Å². The van der Waals surface area contributed by atoms with Crippen LogP contribution in [-0.4, -0.2) is 30.8 Å². The number of aliphatic imine (C=N–C) groups is 2. The number of fused-ring (bicyclic) bond motifs is 3. The standard InChI is InChI=1S/C17H14N4O/c22-20-16-17-18-10-11-21(17)14-9-5-4-8-13(14)15(19-16)12-6-2-1-3-7-12/h1-9,16H,10-11H2. The first-order valence-corrected chi connectivity index (χ1v) is 7.25. The molecule has 5 heteroatoms. The third kappa shape index (κ3) is 1.94. The third-order valence-corrected chi connectivity index (χ3v) is 3.95. The zero-order valence-electron chi connectivity index (χ0n) is 11.9. The Morgan fingerprint density at radius 2 is 1.82 bits per heavy atom. The SMILES string of the molecule is O=NC1N=C(c2ccccc2)c2ccccc2N2CCN=C12. The van der Waals surface area contributed by atoms with Crippen LogP contribution < -0.4 is 4.90 Å². The van der Waals surface area contributed by atoms with Gasteiger partial charge in [0.2, 0.25) is 6.17 Å². The second-order valence-electron chi connectivity index (χ2n) is 5.23. The Bertz CT molecular complexity index is 782. The van der Waals surface area contributed by atoms with E-state index in [4.69, 9.17) is 0 Å². The Kier molecular flexibility index (Phi) is 3.04. The molecule has 22 heavy (non-hydrogen) atoms. The summed E-state index contributed by atoms with van der Waals surface area (Å²) in [7, 11) is 0. The molecule has 0 fully saturated rings. The van der Waals surface area contributed by atoms with Gasteiger partial charge in [0, 0.05) is 17.7 Å². The number of hydrogen-bond donors (Lipinski definition) is 0.